The van der Waals surface area contributed by atoms with Crippen molar-refractivity contribution >= 4 is 23.9 Å². The second-order valence-corrected chi connectivity index (χ2v) is 12.5. The van der Waals surface area contributed by atoms with Crippen molar-refractivity contribution in [3.8, 4) is 0 Å². The summed E-state index contributed by atoms with van der Waals surface area (Å²) < 4.78 is 72.0. The topological polar surface area (TPSA) is 218 Å². The lowest BCUT2D eigenvalue weighted by Gasteiger charge is -2.22. The van der Waals surface area contributed by atoms with Crippen LogP contribution in [0.4, 0.5) is 0 Å². The normalized spacial score (nSPS) is 25.6. The van der Waals surface area contributed by atoms with Crippen LogP contribution in [0.25, 0.3) is 0 Å². The Labute approximate surface area is 334 Å². The number of hydrogen-bond acceptors (Lipinski definition) is 19. The smallest absolute Gasteiger partial charge is 0.320 e. The minimum absolute atomic E-state index is 0. The van der Waals surface area contributed by atoms with Crippen LogP contribution in [-0.2, 0) is 85.5 Å². The van der Waals surface area contributed by atoms with Gasteiger partial charge in [-0.15, -0.1) is 0 Å². The van der Waals surface area contributed by atoms with Crippen molar-refractivity contribution in [3.05, 3.63) is 24.3 Å². The van der Waals surface area contributed by atoms with Gasteiger partial charge in [-0.2, -0.15) is 0 Å². The number of aliphatic hydroxyl groups is 1. The fourth-order valence-corrected chi connectivity index (χ4v) is 6.03. The van der Waals surface area contributed by atoms with Crippen molar-refractivity contribution in [3.63, 3.8) is 0 Å². The fourth-order valence-electron chi connectivity index (χ4n) is 6.03. The third-order valence-electron chi connectivity index (χ3n) is 8.68. The summed E-state index contributed by atoms with van der Waals surface area (Å²) in [6, 6.07) is 0. The minimum Gasteiger partial charge on any atom is -0.463 e. The first-order valence-corrected chi connectivity index (χ1v) is 18.7. The van der Waals surface area contributed by atoms with E-state index in [2.05, 4.69) is 4.74 Å². The lowest BCUT2D eigenvalue weighted by molar-refractivity contribution is -0.161. The van der Waals surface area contributed by atoms with Gasteiger partial charge in [0.1, 0.15) is 36.9 Å². The molecule has 19 nitrogen and oxygen atoms in total. The highest BCUT2D eigenvalue weighted by atomic mass is 16.6. The molecule has 0 aliphatic carbocycles. The molecule has 0 radical (unpaired) electrons. The molecule has 0 spiro atoms. The minimum atomic E-state index is -0.736. The van der Waals surface area contributed by atoms with Crippen LogP contribution < -0.4 is 0 Å². The molecule has 5 aliphatic heterocycles. The molecular formula is C38H62O19. The van der Waals surface area contributed by atoms with Gasteiger partial charge in [0.2, 0.25) is 0 Å². The zero-order chi connectivity index (χ0) is 40.4. The standard InChI is InChI=1S/C22H36O11.C8H6O4.C7H16O4.CH4/c1-25-5-7-27-9-11-29-13-15-31-21(23)19-17-3-4-18(33-17)20(19)22(24)32-16-14-30-12-10-28-8-6-26-2;9-7-5-3-1-2-4(11-3)6(5)8(10)12-7;1-9-4-5-11-7-6-10-3-2-8;/h3-4,17-20H,5-16H2,1-2H3;1-6H;8H,2-7H2,1H3;1H4. The van der Waals surface area contributed by atoms with E-state index in [1.54, 1.807) is 33.5 Å². The van der Waals surface area contributed by atoms with E-state index in [1.165, 1.54) is 0 Å². The average molecular weight is 823 g/mol. The number of hydrogen-bond donors (Lipinski definition) is 1. The van der Waals surface area contributed by atoms with E-state index < -0.39 is 47.9 Å². The molecule has 57 heavy (non-hydrogen) atoms. The number of rotatable bonds is 28. The molecule has 4 bridgehead atoms. The predicted octanol–water partition coefficient (Wildman–Crippen LogP) is -0.0646. The SMILES string of the molecule is C.COCCOCCOCCO.COCCOCCOCCOC(=O)C1C2C=CC(O2)C1C(=O)OCCOCCOCCOC.O=C1OC(=O)C2C3C=CC(O3)C12. The first-order valence-electron chi connectivity index (χ1n) is 18.7. The molecule has 5 aliphatic rings. The van der Waals surface area contributed by atoms with Crippen molar-refractivity contribution in [2.45, 2.75) is 31.8 Å². The molecule has 0 saturated carbocycles. The van der Waals surface area contributed by atoms with Crippen molar-refractivity contribution in [2.75, 3.05) is 140 Å². The van der Waals surface area contributed by atoms with Crippen molar-refractivity contribution in [1.82, 2.24) is 0 Å². The molecule has 0 amide bonds. The van der Waals surface area contributed by atoms with Crippen LogP contribution in [0.15, 0.2) is 24.3 Å². The molecule has 1 N–H and O–H groups in total. The summed E-state index contributed by atoms with van der Waals surface area (Å²) in [5.41, 5.74) is 0. The van der Waals surface area contributed by atoms with Gasteiger partial charge in [0, 0.05) is 21.3 Å². The lowest BCUT2D eigenvalue weighted by Crippen LogP contribution is -2.39. The summed E-state index contributed by atoms with van der Waals surface area (Å²) in [4.78, 5) is 47.4. The third kappa shape index (κ3) is 17.5. The summed E-state index contributed by atoms with van der Waals surface area (Å²) in [6.45, 7) is 7.06. The van der Waals surface area contributed by atoms with E-state index in [9.17, 15) is 19.2 Å². The number of aliphatic hydroxyl groups excluding tert-OH is 1. The molecule has 0 aromatic carbocycles. The van der Waals surface area contributed by atoms with Crippen molar-refractivity contribution in [1.29, 1.82) is 0 Å². The quantitative estimate of drug-likeness (QED) is 0.0359. The summed E-state index contributed by atoms with van der Waals surface area (Å²) in [5, 5.41) is 8.32. The zero-order valence-corrected chi connectivity index (χ0v) is 32.5. The number of fused-ring (bicyclic) bond motifs is 7. The van der Waals surface area contributed by atoms with E-state index in [4.69, 9.17) is 66.7 Å². The number of cyclic esters (lactones) is 2. The Hall–Kier alpha value is -2.92. The highest BCUT2D eigenvalue weighted by Crippen LogP contribution is 2.44. The van der Waals surface area contributed by atoms with Gasteiger partial charge in [0.25, 0.3) is 0 Å². The zero-order valence-electron chi connectivity index (χ0n) is 32.5. The molecule has 0 aromatic rings. The van der Waals surface area contributed by atoms with Crippen LogP contribution in [0, 0.1) is 23.7 Å². The van der Waals surface area contributed by atoms with Crippen LogP contribution in [0.2, 0.25) is 0 Å². The molecule has 3 saturated heterocycles. The Morgan fingerprint density at radius 1 is 0.491 bits per heavy atom. The largest absolute Gasteiger partial charge is 0.463 e. The molecule has 8 atom stereocenters. The van der Waals surface area contributed by atoms with E-state index >= 15 is 0 Å². The van der Waals surface area contributed by atoms with Gasteiger partial charge < -0.3 is 71.4 Å². The number of carbonyl (C=O) groups excluding carboxylic acids is 4. The van der Waals surface area contributed by atoms with Gasteiger partial charge in [0.15, 0.2) is 0 Å². The van der Waals surface area contributed by atoms with Gasteiger partial charge in [-0.3, -0.25) is 19.2 Å². The highest BCUT2D eigenvalue weighted by molar-refractivity contribution is 5.98. The molecule has 328 valence electrons. The average Bonchev–Trinajstić information content (AvgIpc) is 4.05. The summed E-state index contributed by atoms with van der Waals surface area (Å²) in [5.74, 6) is -4.07. The van der Waals surface area contributed by atoms with Gasteiger partial charge in [-0.1, -0.05) is 31.7 Å². The van der Waals surface area contributed by atoms with Crippen LogP contribution in [-0.4, -0.2) is 194 Å². The number of esters is 4. The Bertz CT molecular complexity index is 1110. The van der Waals surface area contributed by atoms with Crippen LogP contribution in [0.3, 0.4) is 0 Å². The molecule has 3 fully saturated rings. The predicted molar refractivity (Wildman–Crippen MR) is 197 cm³/mol. The fraction of sp³-hybridized carbons (Fsp3) is 0.789. The number of carbonyl (C=O) groups is 4. The van der Waals surface area contributed by atoms with E-state index in [0.717, 1.165) is 0 Å². The lowest BCUT2D eigenvalue weighted by atomic mass is 9.83. The van der Waals surface area contributed by atoms with Gasteiger partial charge >= 0.3 is 23.9 Å². The molecule has 5 rings (SSSR count). The van der Waals surface area contributed by atoms with E-state index in [1.807, 2.05) is 12.2 Å². The molecule has 19 heteroatoms. The molecule has 0 aromatic heterocycles. The number of methoxy groups -OCH3 is 3. The van der Waals surface area contributed by atoms with Crippen LogP contribution >= 0.6 is 0 Å². The highest BCUT2D eigenvalue weighted by Gasteiger charge is 2.59. The summed E-state index contributed by atoms with van der Waals surface area (Å²) >= 11 is 0. The van der Waals surface area contributed by atoms with E-state index in [-0.39, 0.29) is 64.5 Å². The first-order chi connectivity index (χ1) is 27.4. The van der Waals surface area contributed by atoms with Crippen molar-refractivity contribution in [2.24, 2.45) is 23.7 Å². The number of ether oxygens (including phenoxy) is 14. The molecular weight excluding hydrogens is 760 g/mol. The molecule has 8 unspecified atom stereocenters. The third-order valence-corrected chi connectivity index (χ3v) is 8.68. The van der Waals surface area contributed by atoms with Gasteiger partial charge in [0.05, 0.1) is 130 Å². The second-order valence-electron chi connectivity index (χ2n) is 12.5. The maximum Gasteiger partial charge on any atom is 0.320 e. The van der Waals surface area contributed by atoms with Gasteiger partial charge in [-0.25, -0.2) is 0 Å². The monoisotopic (exact) mass is 822 g/mol. The molecule has 5 heterocycles. The van der Waals surface area contributed by atoms with Gasteiger partial charge in [-0.05, 0) is 0 Å². The summed E-state index contributed by atoms with van der Waals surface area (Å²) in [7, 11) is 4.84. The summed E-state index contributed by atoms with van der Waals surface area (Å²) in [6.07, 6.45) is 5.78. The first kappa shape index (κ1) is 50.2. The Morgan fingerprint density at radius 3 is 1.14 bits per heavy atom. The Balaban J connectivity index is 0.000000376. The Morgan fingerprint density at radius 2 is 0.789 bits per heavy atom. The second kappa shape index (κ2) is 30.2. The van der Waals surface area contributed by atoms with Crippen LogP contribution in [0.1, 0.15) is 7.43 Å². The maximum absolute atomic E-state index is 12.6. The van der Waals surface area contributed by atoms with E-state index in [0.29, 0.717) is 85.9 Å². The Kier molecular flexibility index (Phi) is 26.6. The van der Waals surface area contributed by atoms with Crippen molar-refractivity contribution < 1.29 is 90.6 Å². The maximum atomic E-state index is 12.6. The van der Waals surface area contributed by atoms with Crippen LogP contribution in [0.5, 0.6) is 0 Å².